The van der Waals surface area contributed by atoms with Gasteiger partial charge >= 0.3 is 6.09 Å². The number of hydrogen-bond acceptors (Lipinski definition) is 7. The number of aromatic nitrogens is 2. The van der Waals surface area contributed by atoms with Gasteiger partial charge in [-0.2, -0.15) is 0 Å². The molecule has 29 heavy (non-hydrogen) atoms. The zero-order valence-corrected chi connectivity index (χ0v) is 17.0. The number of thiocarbonyl (C=S) groups is 1. The average molecular weight is 420 g/mol. The van der Waals surface area contributed by atoms with Gasteiger partial charge in [0.05, 0.1) is 6.10 Å². The van der Waals surface area contributed by atoms with E-state index in [2.05, 4.69) is 10.3 Å². The first-order chi connectivity index (χ1) is 14.2. The lowest BCUT2D eigenvalue weighted by atomic mass is 10.0. The normalized spacial score (nSPS) is 21.3. The van der Waals surface area contributed by atoms with Crippen LogP contribution in [0.4, 0.5) is 4.79 Å². The lowest BCUT2D eigenvalue weighted by molar-refractivity contribution is -0.209. The zero-order valence-electron chi connectivity index (χ0n) is 16.2. The van der Waals surface area contributed by atoms with Crippen molar-refractivity contribution >= 4 is 23.5 Å². The van der Waals surface area contributed by atoms with Gasteiger partial charge in [0.25, 0.3) is 5.17 Å². The first-order valence-electron chi connectivity index (χ1n) is 9.47. The Morgan fingerprint density at radius 1 is 1.34 bits per heavy atom. The van der Waals surface area contributed by atoms with Crippen molar-refractivity contribution < 1.29 is 23.7 Å². The van der Waals surface area contributed by atoms with Crippen molar-refractivity contribution in [2.45, 2.75) is 44.4 Å². The molecule has 3 rings (SSSR count). The fraction of sp³-hybridized carbons (Fsp3) is 0.450. The summed E-state index contributed by atoms with van der Waals surface area (Å²) in [5.74, 6) is 0. The number of nitrogens with one attached hydrogen (secondary N) is 1. The van der Waals surface area contributed by atoms with Gasteiger partial charge in [-0.3, -0.25) is 4.57 Å². The van der Waals surface area contributed by atoms with E-state index in [0.717, 1.165) is 12.0 Å². The first kappa shape index (κ1) is 21.2. The summed E-state index contributed by atoms with van der Waals surface area (Å²) in [4.78, 5) is 15.9. The molecule has 1 aliphatic rings. The van der Waals surface area contributed by atoms with Crippen molar-refractivity contribution in [1.82, 2.24) is 14.9 Å². The Hall–Kier alpha value is -2.49. The van der Waals surface area contributed by atoms with E-state index in [1.807, 2.05) is 30.3 Å². The molecule has 0 spiro atoms. The van der Waals surface area contributed by atoms with Crippen LogP contribution in [0.3, 0.4) is 0 Å². The van der Waals surface area contributed by atoms with Crippen LogP contribution in [-0.2, 0) is 25.6 Å². The Morgan fingerprint density at radius 3 is 2.90 bits per heavy atom. The number of ether oxygens (including phenoxy) is 4. The van der Waals surface area contributed by atoms with Gasteiger partial charge in [-0.05, 0) is 30.6 Å². The summed E-state index contributed by atoms with van der Waals surface area (Å²) < 4.78 is 24.1. The lowest BCUT2D eigenvalue weighted by Crippen LogP contribution is -2.44. The molecule has 8 nitrogen and oxygen atoms in total. The fourth-order valence-corrected chi connectivity index (χ4v) is 3.28. The second kappa shape index (κ2) is 10.9. The molecule has 0 unspecified atom stereocenters. The molecule has 3 atom stereocenters. The molecular weight excluding hydrogens is 394 g/mol. The van der Waals surface area contributed by atoms with E-state index in [1.165, 1.54) is 0 Å². The first-order valence-corrected chi connectivity index (χ1v) is 9.88. The molecule has 1 fully saturated rings. The summed E-state index contributed by atoms with van der Waals surface area (Å²) in [5, 5.41) is 3.06. The van der Waals surface area contributed by atoms with Crippen molar-refractivity contribution in [2.75, 3.05) is 13.7 Å². The third kappa shape index (κ3) is 6.52. The largest absolute Gasteiger partial charge is 0.464 e. The summed E-state index contributed by atoms with van der Waals surface area (Å²) in [5.41, 5.74) is 0.933. The van der Waals surface area contributed by atoms with Crippen LogP contribution in [-0.4, -0.2) is 53.0 Å². The number of rotatable bonds is 7. The van der Waals surface area contributed by atoms with Crippen LogP contribution in [0.15, 0.2) is 49.1 Å². The number of nitrogens with zero attached hydrogens (tertiary/aromatic N) is 2. The van der Waals surface area contributed by atoms with Crippen LogP contribution in [0.2, 0.25) is 0 Å². The number of carbonyl (C=O) groups is 1. The quantitative estimate of drug-likeness (QED) is 0.691. The SMILES string of the molecule is CO[C@@H]1CC[C@H](OC(=S)n2ccnc2)[C@@H](CCNC(=O)OCc2ccccc2)O1. The van der Waals surface area contributed by atoms with Crippen molar-refractivity contribution in [3.8, 4) is 0 Å². The Morgan fingerprint density at radius 2 is 2.17 bits per heavy atom. The molecule has 1 aromatic carbocycles. The molecular formula is C20H25N3O5S. The fourth-order valence-electron chi connectivity index (χ4n) is 3.05. The Labute approximate surface area is 175 Å². The molecule has 0 radical (unpaired) electrons. The van der Waals surface area contributed by atoms with Gasteiger partial charge in [0.15, 0.2) is 6.29 Å². The van der Waals surface area contributed by atoms with Gasteiger partial charge in [-0.1, -0.05) is 30.3 Å². The predicted octanol–water partition coefficient (Wildman–Crippen LogP) is 2.87. The summed E-state index contributed by atoms with van der Waals surface area (Å²) >= 11 is 5.33. The molecule has 9 heteroatoms. The van der Waals surface area contributed by atoms with E-state index in [-0.39, 0.29) is 25.1 Å². The molecule has 2 heterocycles. The second-order valence-electron chi connectivity index (χ2n) is 6.59. The minimum atomic E-state index is -0.473. The topological polar surface area (TPSA) is 83.8 Å². The van der Waals surface area contributed by atoms with Gasteiger partial charge in [0.1, 0.15) is 19.0 Å². The Balaban J connectivity index is 1.46. The maximum Gasteiger partial charge on any atom is 0.407 e. The Kier molecular flexibility index (Phi) is 7.97. The van der Waals surface area contributed by atoms with E-state index in [1.54, 1.807) is 30.4 Å². The molecule has 1 saturated heterocycles. The maximum absolute atomic E-state index is 11.9. The minimum absolute atomic E-state index is 0.225. The summed E-state index contributed by atoms with van der Waals surface area (Å²) in [6.07, 6.45) is 5.64. The van der Waals surface area contributed by atoms with Crippen LogP contribution >= 0.6 is 12.2 Å². The van der Waals surface area contributed by atoms with Crippen molar-refractivity contribution in [2.24, 2.45) is 0 Å². The van der Waals surface area contributed by atoms with Crippen molar-refractivity contribution in [3.63, 3.8) is 0 Å². The number of carbonyl (C=O) groups excluding carboxylic acids is 1. The molecule has 1 aliphatic heterocycles. The number of methoxy groups -OCH3 is 1. The molecule has 0 bridgehead atoms. The summed E-state index contributed by atoms with van der Waals surface area (Å²) in [6, 6.07) is 9.52. The number of hydrogen-bond donors (Lipinski definition) is 1. The molecule has 1 amide bonds. The average Bonchev–Trinajstić information content (AvgIpc) is 3.29. The highest BCUT2D eigenvalue weighted by atomic mass is 32.1. The van der Waals surface area contributed by atoms with Crippen LogP contribution in [0, 0.1) is 0 Å². The molecule has 0 aliphatic carbocycles. The maximum atomic E-state index is 11.9. The van der Waals surface area contributed by atoms with Gasteiger partial charge in [-0.25, -0.2) is 9.78 Å². The van der Waals surface area contributed by atoms with Crippen LogP contribution in [0.1, 0.15) is 24.8 Å². The molecule has 1 aromatic heterocycles. The summed E-state index contributed by atoms with van der Waals surface area (Å²) in [7, 11) is 1.61. The third-order valence-electron chi connectivity index (χ3n) is 4.57. The molecule has 156 valence electrons. The number of imidazole rings is 1. The predicted molar refractivity (Wildman–Crippen MR) is 109 cm³/mol. The lowest BCUT2D eigenvalue weighted by Gasteiger charge is -2.35. The van der Waals surface area contributed by atoms with E-state index in [9.17, 15) is 4.79 Å². The van der Waals surface area contributed by atoms with Gasteiger partial charge in [0.2, 0.25) is 0 Å². The van der Waals surface area contributed by atoms with Crippen LogP contribution < -0.4 is 5.32 Å². The van der Waals surface area contributed by atoms with E-state index >= 15 is 0 Å². The van der Waals surface area contributed by atoms with Crippen molar-refractivity contribution in [1.29, 1.82) is 0 Å². The van der Waals surface area contributed by atoms with E-state index in [4.69, 9.17) is 31.2 Å². The monoisotopic (exact) mass is 419 g/mol. The number of alkyl carbamates (subject to hydrolysis) is 1. The van der Waals surface area contributed by atoms with Crippen LogP contribution in [0.25, 0.3) is 0 Å². The minimum Gasteiger partial charge on any atom is -0.464 e. The van der Waals surface area contributed by atoms with Crippen LogP contribution in [0.5, 0.6) is 0 Å². The van der Waals surface area contributed by atoms with Gasteiger partial charge in [-0.15, -0.1) is 0 Å². The highest BCUT2D eigenvalue weighted by Crippen LogP contribution is 2.25. The molecule has 2 aromatic rings. The van der Waals surface area contributed by atoms with Gasteiger partial charge < -0.3 is 24.3 Å². The highest BCUT2D eigenvalue weighted by Gasteiger charge is 2.33. The van der Waals surface area contributed by atoms with E-state index < -0.39 is 6.09 Å². The summed E-state index contributed by atoms with van der Waals surface area (Å²) in [6.45, 7) is 0.607. The molecule has 1 N–H and O–H groups in total. The zero-order chi connectivity index (χ0) is 20.5. The standard InChI is InChI=1S/C20H25N3O5S/c1-25-18-8-7-16(28-20(29)23-12-11-21-14-23)17(27-18)9-10-22-19(24)26-13-15-5-3-2-4-6-15/h2-6,11-12,14,16-18H,7-10,13H2,1H3,(H,22,24)/t16-,17+,18-/m0/s1. The highest BCUT2D eigenvalue weighted by molar-refractivity contribution is 7.80. The second-order valence-corrected chi connectivity index (χ2v) is 6.94. The van der Waals surface area contributed by atoms with Gasteiger partial charge in [0, 0.05) is 32.5 Å². The smallest absolute Gasteiger partial charge is 0.407 e. The van der Waals surface area contributed by atoms with E-state index in [0.29, 0.717) is 24.6 Å². The number of benzene rings is 1. The number of amides is 1. The Bertz CT molecular complexity index is 772. The van der Waals surface area contributed by atoms with Crippen molar-refractivity contribution in [3.05, 3.63) is 54.6 Å². The third-order valence-corrected chi connectivity index (χ3v) is 4.88. The molecule has 0 saturated carbocycles.